The molecule has 1 aromatic rings. The first-order valence-electron chi connectivity index (χ1n) is 7.26. The molecule has 0 atom stereocenters. The summed E-state index contributed by atoms with van der Waals surface area (Å²) >= 11 is 0. The van der Waals surface area contributed by atoms with Crippen LogP contribution in [0, 0.1) is 23.7 Å². The molecular weight excluding hydrogens is 252 g/mol. The lowest BCUT2D eigenvalue weighted by molar-refractivity contribution is -0.128. The topological polar surface area (TPSA) is 70.7 Å². The molecule has 0 saturated carbocycles. The molecule has 20 heavy (non-hydrogen) atoms. The Labute approximate surface area is 121 Å². The van der Waals surface area contributed by atoms with Crippen LogP contribution in [0.25, 0.3) is 0 Å². The van der Waals surface area contributed by atoms with Crippen molar-refractivity contribution in [3.63, 3.8) is 0 Å². The Morgan fingerprint density at radius 1 is 1.45 bits per heavy atom. The SMILES string of the molecule is CCCC(C#N)(CCC)C(=O)NCCn1cc(C)cn1. The molecule has 0 fully saturated rings. The Morgan fingerprint density at radius 2 is 2.10 bits per heavy atom. The number of rotatable bonds is 8. The highest BCUT2D eigenvalue weighted by molar-refractivity contribution is 5.85. The molecule has 0 spiro atoms. The van der Waals surface area contributed by atoms with Gasteiger partial charge in [-0.05, 0) is 25.3 Å². The molecule has 0 aliphatic rings. The van der Waals surface area contributed by atoms with Crippen LogP contribution in [-0.4, -0.2) is 22.2 Å². The average Bonchev–Trinajstić information content (AvgIpc) is 2.84. The summed E-state index contributed by atoms with van der Waals surface area (Å²) in [4.78, 5) is 12.3. The summed E-state index contributed by atoms with van der Waals surface area (Å²) in [7, 11) is 0. The third kappa shape index (κ3) is 4.09. The minimum Gasteiger partial charge on any atom is -0.353 e. The molecule has 0 unspecified atom stereocenters. The van der Waals surface area contributed by atoms with E-state index in [0.29, 0.717) is 25.9 Å². The molecule has 5 heteroatoms. The number of nitriles is 1. The monoisotopic (exact) mass is 276 g/mol. The van der Waals surface area contributed by atoms with Crippen LogP contribution in [0.5, 0.6) is 0 Å². The summed E-state index contributed by atoms with van der Waals surface area (Å²) in [5.41, 5.74) is 0.225. The van der Waals surface area contributed by atoms with Crippen LogP contribution in [0.4, 0.5) is 0 Å². The summed E-state index contributed by atoms with van der Waals surface area (Å²) in [6.45, 7) is 7.10. The van der Waals surface area contributed by atoms with Crippen molar-refractivity contribution in [1.29, 1.82) is 5.26 Å². The van der Waals surface area contributed by atoms with Gasteiger partial charge in [0.1, 0.15) is 5.41 Å². The standard InChI is InChI=1S/C15H24N4O/c1-4-6-15(12-16,7-5-2)14(20)17-8-9-19-11-13(3)10-18-19/h10-11H,4-9H2,1-3H3,(H,17,20). The quantitative estimate of drug-likeness (QED) is 0.792. The molecule has 1 amide bonds. The minimum atomic E-state index is -0.871. The highest BCUT2D eigenvalue weighted by atomic mass is 16.2. The van der Waals surface area contributed by atoms with Gasteiger partial charge < -0.3 is 5.32 Å². The van der Waals surface area contributed by atoms with E-state index in [1.54, 1.807) is 10.9 Å². The summed E-state index contributed by atoms with van der Waals surface area (Å²) in [6, 6.07) is 2.24. The van der Waals surface area contributed by atoms with Crippen molar-refractivity contribution in [2.24, 2.45) is 5.41 Å². The van der Waals surface area contributed by atoms with Gasteiger partial charge in [-0.25, -0.2) is 0 Å². The van der Waals surface area contributed by atoms with Crippen LogP contribution in [0.2, 0.25) is 0 Å². The Morgan fingerprint density at radius 3 is 2.55 bits per heavy atom. The fourth-order valence-electron chi connectivity index (χ4n) is 2.41. The summed E-state index contributed by atoms with van der Waals surface area (Å²) < 4.78 is 1.79. The van der Waals surface area contributed by atoms with Gasteiger partial charge in [-0.1, -0.05) is 26.7 Å². The van der Waals surface area contributed by atoms with E-state index < -0.39 is 5.41 Å². The molecule has 0 aliphatic carbocycles. The van der Waals surface area contributed by atoms with Gasteiger partial charge in [0.2, 0.25) is 5.91 Å². The molecule has 1 N–H and O–H groups in total. The normalized spacial score (nSPS) is 11.1. The molecule has 110 valence electrons. The fraction of sp³-hybridized carbons (Fsp3) is 0.667. The third-order valence-corrected chi connectivity index (χ3v) is 3.39. The molecule has 0 bridgehead atoms. The van der Waals surface area contributed by atoms with Gasteiger partial charge in [-0.15, -0.1) is 0 Å². The van der Waals surface area contributed by atoms with Gasteiger partial charge in [0.15, 0.2) is 0 Å². The van der Waals surface area contributed by atoms with Gasteiger partial charge in [0.25, 0.3) is 0 Å². The van der Waals surface area contributed by atoms with E-state index in [0.717, 1.165) is 18.4 Å². The molecule has 1 rings (SSSR count). The van der Waals surface area contributed by atoms with Gasteiger partial charge in [0.05, 0.1) is 18.8 Å². The number of aryl methyl sites for hydroxylation is 1. The lowest BCUT2D eigenvalue weighted by atomic mass is 9.80. The van der Waals surface area contributed by atoms with Crippen LogP contribution < -0.4 is 5.32 Å². The summed E-state index contributed by atoms with van der Waals surface area (Å²) in [5.74, 6) is -0.146. The first-order chi connectivity index (χ1) is 9.57. The number of hydrogen-bond donors (Lipinski definition) is 1. The van der Waals surface area contributed by atoms with Crippen LogP contribution in [0.1, 0.15) is 45.1 Å². The highest BCUT2D eigenvalue weighted by Crippen LogP contribution is 2.29. The van der Waals surface area contributed by atoms with Crippen molar-refractivity contribution in [3.8, 4) is 6.07 Å². The van der Waals surface area contributed by atoms with Crippen LogP contribution in [0.15, 0.2) is 12.4 Å². The molecule has 0 aromatic carbocycles. The molecule has 0 radical (unpaired) electrons. The lowest BCUT2D eigenvalue weighted by Crippen LogP contribution is -2.41. The second-order valence-electron chi connectivity index (χ2n) is 5.23. The summed E-state index contributed by atoms with van der Waals surface area (Å²) in [5, 5.41) is 16.4. The first-order valence-corrected chi connectivity index (χ1v) is 7.26. The van der Waals surface area contributed by atoms with E-state index in [1.807, 2.05) is 27.0 Å². The molecule has 5 nitrogen and oxygen atoms in total. The maximum atomic E-state index is 12.3. The Balaban J connectivity index is 2.56. The number of carbonyl (C=O) groups excluding carboxylic acids is 1. The number of carbonyl (C=O) groups is 1. The van der Waals surface area contributed by atoms with E-state index in [9.17, 15) is 10.1 Å². The largest absolute Gasteiger partial charge is 0.353 e. The average molecular weight is 276 g/mol. The number of nitrogens with zero attached hydrogens (tertiary/aromatic N) is 3. The summed E-state index contributed by atoms with van der Waals surface area (Å²) in [6.07, 6.45) is 6.62. The maximum absolute atomic E-state index is 12.3. The second-order valence-corrected chi connectivity index (χ2v) is 5.23. The van der Waals surface area contributed by atoms with E-state index in [2.05, 4.69) is 16.5 Å². The predicted octanol–water partition coefficient (Wildman–Crippen LogP) is 2.42. The zero-order chi connectivity index (χ0) is 15.0. The Kier molecular flexibility index (Phi) is 6.23. The molecular formula is C15H24N4O. The first kappa shape index (κ1) is 16.2. The Hall–Kier alpha value is -1.83. The fourth-order valence-corrected chi connectivity index (χ4v) is 2.41. The number of aromatic nitrogens is 2. The lowest BCUT2D eigenvalue weighted by Gasteiger charge is -2.24. The van der Waals surface area contributed by atoms with Crippen molar-refractivity contribution in [2.75, 3.05) is 6.54 Å². The molecule has 0 saturated heterocycles. The zero-order valence-corrected chi connectivity index (χ0v) is 12.6. The number of amides is 1. The Bertz CT molecular complexity index is 466. The number of nitrogens with one attached hydrogen (secondary N) is 1. The molecule has 0 aliphatic heterocycles. The van der Waals surface area contributed by atoms with Gasteiger partial charge in [-0.2, -0.15) is 10.4 Å². The van der Waals surface area contributed by atoms with Crippen molar-refractivity contribution in [3.05, 3.63) is 18.0 Å². The van der Waals surface area contributed by atoms with Crippen LogP contribution in [-0.2, 0) is 11.3 Å². The predicted molar refractivity (Wildman–Crippen MR) is 77.8 cm³/mol. The highest BCUT2D eigenvalue weighted by Gasteiger charge is 2.36. The van der Waals surface area contributed by atoms with Crippen LogP contribution in [0.3, 0.4) is 0 Å². The van der Waals surface area contributed by atoms with Gasteiger partial charge in [-0.3, -0.25) is 9.48 Å². The smallest absolute Gasteiger partial charge is 0.240 e. The van der Waals surface area contributed by atoms with Crippen molar-refractivity contribution < 1.29 is 4.79 Å². The third-order valence-electron chi connectivity index (χ3n) is 3.39. The minimum absolute atomic E-state index is 0.146. The van der Waals surface area contributed by atoms with E-state index >= 15 is 0 Å². The van der Waals surface area contributed by atoms with Crippen molar-refractivity contribution in [2.45, 2.75) is 53.0 Å². The van der Waals surface area contributed by atoms with Gasteiger partial charge >= 0.3 is 0 Å². The van der Waals surface area contributed by atoms with Crippen molar-refractivity contribution >= 4 is 5.91 Å². The maximum Gasteiger partial charge on any atom is 0.240 e. The van der Waals surface area contributed by atoms with Gasteiger partial charge in [0, 0.05) is 12.7 Å². The van der Waals surface area contributed by atoms with E-state index in [4.69, 9.17) is 0 Å². The zero-order valence-electron chi connectivity index (χ0n) is 12.6. The molecule has 1 aromatic heterocycles. The van der Waals surface area contributed by atoms with E-state index in [-0.39, 0.29) is 5.91 Å². The number of hydrogen-bond acceptors (Lipinski definition) is 3. The van der Waals surface area contributed by atoms with E-state index in [1.165, 1.54) is 0 Å². The molecule has 1 heterocycles. The second kappa shape index (κ2) is 7.68. The van der Waals surface area contributed by atoms with Crippen LogP contribution >= 0.6 is 0 Å². The van der Waals surface area contributed by atoms with Crippen molar-refractivity contribution in [1.82, 2.24) is 15.1 Å².